The number of allylic oxidation sites excluding steroid dienone is 1. The van der Waals surface area contributed by atoms with Gasteiger partial charge in [-0.2, -0.15) is 4.39 Å². The van der Waals surface area contributed by atoms with E-state index in [4.69, 9.17) is 9.47 Å². The first-order valence-corrected chi connectivity index (χ1v) is 12.7. The summed E-state index contributed by atoms with van der Waals surface area (Å²) in [6.45, 7) is 5.81. The number of hydrogen-bond acceptors (Lipinski definition) is 2. The molecule has 6 heteroatoms. The summed E-state index contributed by atoms with van der Waals surface area (Å²) in [5.41, 5.74) is 1.03. The zero-order valence-electron chi connectivity index (χ0n) is 20.3. The maximum Gasteiger partial charge on any atom is 0.200 e. The number of rotatable bonds is 8. The maximum absolute atomic E-state index is 14.9. The molecule has 4 rings (SSSR count). The molecule has 0 aromatic heterocycles. The SMILES string of the molecule is C=CC1CCC(c2ccc(COC3CCC(c4ccc(OCC)c(F)c4F)CC3)c(F)c2F)CC1. The van der Waals surface area contributed by atoms with Crippen LogP contribution in [0, 0.1) is 29.2 Å². The molecule has 0 saturated heterocycles. The summed E-state index contributed by atoms with van der Waals surface area (Å²) in [5.74, 6) is -3.06. The Bertz CT molecular complexity index is 1020. The molecule has 2 aromatic carbocycles. The van der Waals surface area contributed by atoms with E-state index in [0.717, 1.165) is 25.7 Å². The smallest absolute Gasteiger partial charge is 0.200 e. The van der Waals surface area contributed by atoms with E-state index in [1.807, 2.05) is 6.08 Å². The highest BCUT2D eigenvalue weighted by Gasteiger charge is 2.28. The summed E-state index contributed by atoms with van der Waals surface area (Å²) in [6, 6.07) is 6.41. The van der Waals surface area contributed by atoms with Crippen LogP contribution in [0.25, 0.3) is 0 Å². The van der Waals surface area contributed by atoms with Crippen molar-refractivity contribution >= 4 is 0 Å². The molecule has 0 heterocycles. The van der Waals surface area contributed by atoms with Crippen LogP contribution in [-0.2, 0) is 11.3 Å². The average Bonchev–Trinajstić information content (AvgIpc) is 2.88. The predicted molar refractivity (Wildman–Crippen MR) is 129 cm³/mol. The van der Waals surface area contributed by atoms with Gasteiger partial charge in [0.1, 0.15) is 0 Å². The van der Waals surface area contributed by atoms with Crippen molar-refractivity contribution in [1.29, 1.82) is 0 Å². The summed E-state index contributed by atoms with van der Waals surface area (Å²) < 4.78 is 69.5. The molecule has 0 atom stereocenters. The Kier molecular flexibility index (Phi) is 8.53. The number of benzene rings is 2. The first-order chi connectivity index (χ1) is 16.9. The van der Waals surface area contributed by atoms with E-state index >= 15 is 0 Å². The molecule has 0 unspecified atom stereocenters. The van der Waals surface area contributed by atoms with Crippen LogP contribution in [0.15, 0.2) is 36.9 Å². The van der Waals surface area contributed by atoms with Crippen LogP contribution in [0.5, 0.6) is 5.75 Å². The normalized spacial score (nSPS) is 24.8. The van der Waals surface area contributed by atoms with E-state index in [0.29, 0.717) is 42.7 Å². The average molecular weight is 491 g/mol. The van der Waals surface area contributed by atoms with E-state index in [2.05, 4.69) is 6.58 Å². The standard InChI is InChI=1S/C29H34F4O2/c1-3-18-5-7-19(8-6-18)23-14-11-21(26(30)27(23)31)17-35-22-12-9-20(10-13-22)24-15-16-25(34-4-2)29(33)28(24)32/h3,11,14-16,18-20,22H,1,4-10,12-13,17H2,2H3. The fraction of sp³-hybridized carbons (Fsp3) is 0.517. The Morgan fingerprint density at radius 2 is 1.34 bits per heavy atom. The summed E-state index contributed by atoms with van der Waals surface area (Å²) in [5, 5.41) is 0. The third-order valence-electron chi connectivity index (χ3n) is 7.70. The molecule has 2 fully saturated rings. The second-order valence-corrected chi connectivity index (χ2v) is 9.79. The Hall–Kier alpha value is -2.34. The second kappa shape index (κ2) is 11.6. The first-order valence-electron chi connectivity index (χ1n) is 12.7. The van der Waals surface area contributed by atoms with E-state index in [-0.39, 0.29) is 42.5 Å². The molecular weight excluding hydrogens is 456 g/mol. The Morgan fingerprint density at radius 1 is 0.771 bits per heavy atom. The lowest BCUT2D eigenvalue weighted by molar-refractivity contribution is 0.0116. The van der Waals surface area contributed by atoms with Gasteiger partial charge in [0.15, 0.2) is 23.2 Å². The van der Waals surface area contributed by atoms with E-state index in [1.54, 1.807) is 25.1 Å². The highest BCUT2D eigenvalue weighted by Crippen LogP contribution is 2.39. The van der Waals surface area contributed by atoms with Crippen molar-refractivity contribution in [3.63, 3.8) is 0 Å². The predicted octanol–water partition coefficient (Wildman–Crippen LogP) is 8.34. The minimum atomic E-state index is -0.947. The molecule has 0 spiro atoms. The molecule has 2 aliphatic carbocycles. The molecule has 2 nitrogen and oxygen atoms in total. The number of ether oxygens (including phenoxy) is 2. The van der Waals surface area contributed by atoms with Gasteiger partial charge in [0.2, 0.25) is 5.82 Å². The Labute approximate surface area is 205 Å². The van der Waals surface area contributed by atoms with E-state index in [1.165, 1.54) is 6.07 Å². The van der Waals surface area contributed by atoms with Crippen molar-refractivity contribution in [1.82, 2.24) is 0 Å². The van der Waals surface area contributed by atoms with Crippen molar-refractivity contribution in [2.45, 2.75) is 82.8 Å². The third-order valence-corrected chi connectivity index (χ3v) is 7.70. The van der Waals surface area contributed by atoms with Gasteiger partial charge in [0.25, 0.3) is 0 Å². The van der Waals surface area contributed by atoms with Gasteiger partial charge in [-0.3, -0.25) is 0 Å². The van der Waals surface area contributed by atoms with Crippen LogP contribution in [0.1, 0.15) is 86.8 Å². The zero-order valence-corrected chi connectivity index (χ0v) is 20.3. The molecule has 2 saturated carbocycles. The van der Waals surface area contributed by atoms with Crippen molar-refractivity contribution < 1.29 is 27.0 Å². The van der Waals surface area contributed by atoms with Crippen molar-refractivity contribution in [3.8, 4) is 5.75 Å². The van der Waals surface area contributed by atoms with Crippen molar-refractivity contribution in [2.24, 2.45) is 5.92 Å². The first kappa shape index (κ1) is 25.7. The molecule has 35 heavy (non-hydrogen) atoms. The van der Waals surface area contributed by atoms with Crippen LogP contribution in [-0.4, -0.2) is 12.7 Å². The van der Waals surface area contributed by atoms with Crippen molar-refractivity contribution in [3.05, 3.63) is 76.9 Å². The highest BCUT2D eigenvalue weighted by molar-refractivity contribution is 5.33. The molecule has 2 aromatic rings. The molecule has 190 valence electrons. The minimum absolute atomic E-state index is 0.00633. The van der Waals surface area contributed by atoms with Crippen molar-refractivity contribution in [2.75, 3.05) is 6.61 Å². The topological polar surface area (TPSA) is 18.5 Å². The van der Waals surface area contributed by atoms with Gasteiger partial charge in [-0.25, -0.2) is 13.2 Å². The molecule has 2 aliphatic rings. The second-order valence-electron chi connectivity index (χ2n) is 9.79. The molecule has 0 N–H and O–H groups in total. The third kappa shape index (κ3) is 5.74. The van der Waals surface area contributed by atoms with Gasteiger partial charge in [0.05, 0.1) is 19.3 Å². The summed E-state index contributed by atoms with van der Waals surface area (Å²) in [7, 11) is 0. The largest absolute Gasteiger partial charge is 0.491 e. The van der Waals surface area contributed by atoms with Crippen LogP contribution < -0.4 is 4.74 Å². The molecular formula is C29H34F4O2. The van der Waals surface area contributed by atoms with Gasteiger partial charge in [-0.1, -0.05) is 24.3 Å². The van der Waals surface area contributed by atoms with Gasteiger partial charge >= 0.3 is 0 Å². The lowest BCUT2D eigenvalue weighted by Gasteiger charge is -2.29. The lowest BCUT2D eigenvalue weighted by atomic mass is 9.78. The summed E-state index contributed by atoms with van der Waals surface area (Å²) in [6.07, 6.45) is 7.98. The van der Waals surface area contributed by atoms with Crippen LogP contribution in [0.4, 0.5) is 17.6 Å². The zero-order chi connectivity index (χ0) is 24.9. The highest BCUT2D eigenvalue weighted by atomic mass is 19.2. The van der Waals surface area contributed by atoms with Gasteiger partial charge < -0.3 is 9.47 Å². The number of hydrogen-bond donors (Lipinski definition) is 0. The summed E-state index contributed by atoms with van der Waals surface area (Å²) >= 11 is 0. The van der Waals surface area contributed by atoms with Crippen LogP contribution in [0.2, 0.25) is 0 Å². The lowest BCUT2D eigenvalue weighted by Crippen LogP contribution is -2.22. The number of halogens is 4. The fourth-order valence-electron chi connectivity index (χ4n) is 5.57. The molecule has 0 bridgehead atoms. The van der Waals surface area contributed by atoms with E-state index < -0.39 is 23.3 Å². The van der Waals surface area contributed by atoms with Gasteiger partial charge in [-0.05, 0) is 93.2 Å². The van der Waals surface area contributed by atoms with E-state index in [9.17, 15) is 17.6 Å². The maximum atomic E-state index is 14.9. The fourth-order valence-corrected chi connectivity index (χ4v) is 5.57. The Balaban J connectivity index is 1.32. The van der Waals surface area contributed by atoms with Crippen LogP contribution in [0.3, 0.4) is 0 Å². The monoisotopic (exact) mass is 490 g/mol. The molecule has 0 radical (unpaired) electrons. The van der Waals surface area contributed by atoms with Gasteiger partial charge in [-0.15, -0.1) is 6.58 Å². The summed E-state index contributed by atoms with van der Waals surface area (Å²) in [4.78, 5) is 0. The van der Waals surface area contributed by atoms with Gasteiger partial charge in [0, 0.05) is 5.56 Å². The molecule has 0 amide bonds. The van der Waals surface area contributed by atoms with Crippen LogP contribution >= 0.6 is 0 Å². The minimum Gasteiger partial charge on any atom is -0.491 e. The molecule has 0 aliphatic heterocycles. The Morgan fingerprint density at radius 3 is 1.94 bits per heavy atom. The quantitative estimate of drug-likeness (QED) is 0.273.